The molecule has 0 unspecified atom stereocenters. The van der Waals surface area contributed by atoms with Gasteiger partial charge in [-0.15, -0.1) is 0 Å². The van der Waals surface area contributed by atoms with Gasteiger partial charge in [-0.05, 0) is 17.3 Å². The quantitative estimate of drug-likeness (QED) is 0.516. The predicted molar refractivity (Wildman–Crippen MR) is 59.4 cm³/mol. The highest BCUT2D eigenvalue weighted by molar-refractivity contribution is 6.89. The summed E-state index contributed by atoms with van der Waals surface area (Å²) in [7, 11) is -1.68. The lowest BCUT2D eigenvalue weighted by Gasteiger charge is -2.18. The lowest BCUT2D eigenvalue weighted by Crippen LogP contribution is -2.40. The van der Waals surface area contributed by atoms with Gasteiger partial charge in [0.15, 0.2) is 0 Å². The zero-order chi connectivity index (χ0) is 10.2. The van der Waals surface area contributed by atoms with Crippen molar-refractivity contribution in [3.05, 3.63) is 28.0 Å². The fourth-order valence-electron chi connectivity index (χ4n) is 1.10. The van der Waals surface area contributed by atoms with Crippen LogP contribution >= 0.6 is 23.2 Å². The fourth-order valence-corrected chi connectivity index (χ4v) is 3.15. The van der Waals surface area contributed by atoms with E-state index in [0.717, 1.165) is 0 Å². The highest BCUT2D eigenvalue weighted by Crippen LogP contribution is 2.20. The number of rotatable bonds is 1. The average molecular weight is 237 g/mol. The molecule has 0 atom stereocenters. The lowest BCUT2D eigenvalue weighted by molar-refractivity contribution is 0.635. The Bertz CT molecular complexity index is 331. The Labute approximate surface area is 88.7 Å². The van der Waals surface area contributed by atoms with Gasteiger partial charge in [0.05, 0.1) is 13.1 Å². The maximum atomic E-state index is 13.5. The molecule has 0 aliphatic carbocycles. The summed E-state index contributed by atoms with van der Waals surface area (Å²) in [6.45, 7) is 6.16. The first-order chi connectivity index (χ1) is 5.82. The van der Waals surface area contributed by atoms with E-state index in [1.165, 1.54) is 6.07 Å². The van der Waals surface area contributed by atoms with Crippen molar-refractivity contribution < 1.29 is 4.39 Å². The number of halogens is 3. The summed E-state index contributed by atoms with van der Waals surface area (Å²) in [6.07, 6.45) is 0. The smallest absolute Gasteiger partial charge is 0.141 e. The zero-order valence-corrected chi connectivity index (χ0v) is 10.3. The second-order valence-corrected chi connectivity index (χ2v) is 9.88. The minimum atomic E-state index is -1.68. The molecule has 0 saturated heterocycles. The van der Waals surface area contributed by atoms with Crippen LogP contribution < -0.4 is 5.19 Å². The van der Waals surface area contributed by atoms with Crippen molar-refractivity contribution in [2.45, 2.75) is 19.6 Å². The van der Waals surface area contributed by atoms with Crippen LogP contribution in [0.25, 0.3) is 0 Å². The maximum absolute atomic E-state index is 13.5. The molecule has 0 heterocycles. The van der Waals surface area contributed by atoms with E-state index in [1.54, 1.807) is 6.07 Å². The second-order valence-electron chi connectivity index (χ2n) is 4.00. The summed E-state index contributed by atoms with van der Waals surface area (Å²) in [6, 6.07) is 3.11. The van der Waals surface area contributed by atoms with Crippen molar-refractivity contribution in [2.24, 2.45) is 0 Å². The molecule has 0 N–H and O–H groups in total. The summed E-state index contributed by atoms with van der Waals surface area (Å²) in [5, 5.41) is 1.30. The first-order valence-electron chi connectivity index (χ1n) is 3.97. The molecule has 72 valence electrons. The van der Waals surface area contributed by atoms with Crippen LogP contribution in [0.5, 0.6) is 0 Å². The molecule has 0 fully saturated rings. The molecular formula is C9H11Cl2FSi. The van der Waals surface area contributed by atoms with E-state index in [1.807, 2.05) is 0 Å². The minimum Gasteiger partial charge on any atom is -0.205 e. The van der Waals surface area contributed by atoms with Crippen molar-refractivity contribution in [3.8, 4) is 0 Å². The summed E-state index contributed by atoms with van der Waals surface area (Å²) in [5.41, 5.74) is 0. The Morgan fingerprint density at radius 2 is 1.69 bits per heavy atom. The average Bonchev–Trinajstić information content (AvgIpc) is 1.94. The molecule has 1 aromatic carbocycles. The van der Waals surface area contributed by atoms with Gasteiger partial charge in [-0.2, -0.15) is 0 Å². The van der Waals surface area contributed by atoms with Crippen LogP contribution in [0.4, 0.5) is 4.39 Å². The van der Waals surface area contributed by atoms with Crippen LogP contribution in [0.1, 0.15) is 0 Å². The standard InChI is InChI=1S/C9H11Cl2FSi/c1-13(2,3)8-5-6(10)4-7(11)9(8)12/h4-5H,1-3H3. The normalized spacial score (nSPS) is 11.8. The van der Waals surface area contributed by atoms with Gasteiger partial charge in [0.25, 0.3) is 0 Å². The van der Waals surface area contributed by atoms with Gasteiger partial charge in [-0.3, -0.25) is 0 Å². The van der Waals surface area contributed by atoms with Gasteiger partial charge in [-0.1, -0.05) is 42.8 Å². The summed E-state index contributed by atoms with van der Waals surface area (Å²) in [4.78, 5) is 0. The molecule has 0 amide bonds. The SMILES string of the molecule is C[Si](C)(C)c1cc(Cl)cc(Cl)c1F. The van der Waals surface area contributed by atoms with Crippen LogP contribution in [0.2, 0.25) is 29.7 Å². The molecule has 1 aromatic rings. The van der Waals surface area contributed by atoms with E-state index < -0.39 is 8.07 Å². The molecule has 0 aromatic heterocycles. The van der Waals surface area contributed by atoms with Gasteiger partial charge in [0, 0.05) is 5.02 Å². The Morgan fingerprint density at radius 3 is 2.15 bits per heavy atom. The molecule has 0 radical (unpaired) electrons. The van der Waals surface area contributed by atoms with Gasteiger partial charge < -0.3 is 0 Å². The Kier molecular flexibility index (Phi) is 3.05. The van der Waals surface area contributed by atoms with Crippen LogP contribution in [-0.4, -0.2) is 8.07 Å². The third-order valence-corrected chi connectivity index (χ3v) is 4.27. The van der Waals surface area contributed by atoms with Crippen molar-refractivity contribution in [2.75, 3.05) is 0 Å². The predicted octanol–water partition coefficient (Wildman–Crippen LogP) is 3.68. The summed E-state index contributed by atoms with van der Waals surface area (Å²) in [5.74, 6) is -0.315. The molecule has 4 heteroatoms. The topological polar surface area (TPSA) is 0 Å². The third-order valence-electron chi connectivity index (χ3n) is 1.80. The van der Waals surface area contributed by atoms with Crippen molar-refractivity contribution >= 4 is 36.5 Å². The monoisotopic (exact) mass is 236 g/mol. The Morgan fingerprint density at radius 1 is 1.15 bits per heavy atom. The molecule has 0 aliphatic rings. The zero-order valence-electron chi connectivity index (χ0n) is 7.79. The molecular weight excluding hydrogens is 226 g/mol. The van der Waals surface area contributed by atoms with Crippen LogP contribution in [0.15, 0.2) is 12.1 Å². The van der Waals surface area contributed by atoms with E-state index in [-0.39, 0.29) is 10.8 Å². The maximum Gasteiger partial charge on any atom is 0.141 e. The highest BCUT2D eigenvalue weighted by Gasteiger charge is 2.22. The number of hydrogen-bond donors (Lipinski definition) is 0. The molecule has 0 spiro atoms. The van der Waals surface area contributed by atoms with Crippen LogP contribution in [-0.2, 0) is 0 Å². The summed E-state index contributed by atoms with van der Waals surface area (Å²) < 4.78 is 13.5. The highest BCUT2D eigenvalue weighted by atomic mass is 35.5. The molecule has 0 bridgehead atoms. The van der Waals surface area contributed by atoms with E-state index in [9.17, 15) is 4.39 Å². The molecule has 0 saturated carbocycles. The molecule has 13 heavy (non-hydrogen) atoms. The molecule has 1 rings (SSSR count). The Hall–Kier alpha value is -0.0531. The third kappa shape index (κ3) is 2.45. The molecule has 0 aliphatic heterocycles. The lowest BCUT2D eigenvalue weighted by atomic mass is 10.3. The van der Waals surface area contributed by atoms with Crippen molar-refractivity contribution in [3.63, 3.8) is 0 Å². The van der Waals surface area contributed by atoms with E-state index in [4.69, 9.17) is 23.2 Å². The van der Waals surface area contributed by atoms with Crippen molar-refractivity contribution in [1.29, 1.82) is 0 Å². The van der Waals surface area contributed by atoms with Gasteiger partial charge in [0.2, 0.25) is 0 Å². The van der Waals surface area contributed by atoms with Gasteiger partial charge in [-0.25, -0.2) is 4.39 Å². The first-order valence-corrected chi connectivity index (χ1v) is 8.23. The fraction of sp³-hybridized carbons (Fsp3) is 0.333. The molecule has 0 nitrogen and oxygen atoms in total. The minimum absolute atomic E-state index is 0.116. The number of benzene rings is 1. The van der Waals surface area contributed by atoms with Crippen molar-refractivity contribution in [1.82, 2.24) is 0 Å². The van der Waals surface area contributed by atoms with E-state index >= 15 is 0 Å². The van der Waals surface area contributed by atoms with E-state index in [2.05, 4.69) is 19.6 Å². The van der Waals surface area contributed by atoms with Gasteiger partial charge in [0.1, 0.15) is 5.82 Å². The first kappa shape index (κ1) is 11.0. The van der Waals surface area contributed by atoms with Crippen LogP contribution in [0, 0.1) is 5.82 Å². The van der Waals surface area contributed by atoms with Crippen LogP contribution in [0.3, 0.4) is 0 Å². The van der Waals surface area contributed by atoms with E-state index in [0.29, 0.717) is 10.2 Å². The largest absolute Gasteiger partial charge is 0.205 e. The van der Waals surface area contributed by atoms with Gasteiger partial charge >= 0.3 is 0 Å². The Balaban J connectivity index is 3.37. The second kappa shape index (κ2) is 3.60. The number of hydrogen-bond acceptors (Lipinski definition) is 0. The summed E-state index contributed by atoms with van der Waals surface area (Å²) >= 11 is 11.5.